The quantitative estimate of drug-likeness (QED) is 0.0261. The monoisotopic (exact) mass is 1010 g/mol. The second-order valence-corrected chi connectivity index (χ2v) is 20.9. The van der Waals surface area contributed by atoms with Crippen LogP contribution in [0.2, 0.25) is 0 Å². The van der Waals surface area contributed by atoms with E-state index in [0.29, 0.717) is 19.3 Å². The summed E-state index contributed by atoms with van der Waals surface area (Å²) in [5.74, 6) is -0.883. The van der Waals surface area contributed by atoms with Gasteiger partial charge in [-0.15, -0.1) is 0 Å². The van der Waals surface area contributed by atoms with Crippen molar-refractivity contribution in [3.8, 4) is 0 Å². The van der Waals surface area contributed by atoms with E-state index in [1.54, 1.807) is 0 Å². The van der Waals surface area contributed by atoms with Gasteiger partial charge in [0.15, 0.2) is 6.10 Å². The van der Waals surface area contributed by atoms with Crippen LogP contribution in [0.15, 0.2) is 60.8 Å². The predicted molar refractivity (Wildman–Crippen MR) is 312 cm³/mol. The Labute approximate surface area is 447 Å². The highest BCUT2D eigenvalue weighted by Gasteiger charge is 2.19. The van der Waals surface area contributed by atoms with Crippen LogP contribution in [0.4, 0.5) is 0 Å². The van der Waals surface area contributed by atoms with E-state index in [1.165, 1.54) is 180 Å². The van der Waals surface area contributed by atoms with Crippen LogP contribution < -0.4 is 0 Å². The standard InChI is InChI=1S/C66H118O6/c1-4-7-10-13-16-19-22-25-28-30-32-33-34-36-38-41-44-47-50-53-56-59-65(68)71-62-63(61-70-64(67)58-55-52-49-46-43-40-37-27-24-21-18-15-12-9-6-3)72-66(69)60-57-54-51-48-45-42-39-35-31-29-26-23-20-17-14-11-8-5-2/h9,12,18,21-22,25,27,30,32,37,63H,4-8,10-11,13-17,19-20,23-24,26,28-29,31,33-36,38-62H2,1-3H3/b12-9-,21-18-,25-22-,32-30-,37-27-. The molecule has 0 aliphatic carbocycles. The lowest BCUT2D eigenvalue weighted by Gasteiger charge is -2.18. The molecule has 6 heteroatoms. The van der Waals surface area contributed by atoms with Crippen molar-refractivity contribution in [2.75, 3.05) is 13.2 Å². The Kier molecular flexibility index (Phi) is 58.2. The Morgan fingerprint density at radius 3 is 0.847 bits per heavy atom. The van der Waals surface area contributed by atoms with E-state index in [-0.39, 0.29) is 31.1 Å². The summed E-state index contributed by atoms with van der Waals surface area (Å²) in [7, 11) is 0. The van der Waals surface area contributed by atoms with Gasteiger partial charge in [0.1, 0.15) is 13.2 Å². The summed E-state index contributed by atoms with van der Waals surface area (Å²) >= 11 is 0. The van der Waals surface area contributed by atoms with Crippen molar-refractivity contribution in [3.63, 3.8) is 0 Å². The van der Waals surface area contributed by atoms with Crippen molar-refractivity contribution in [3.05, 3.63) is 60.8 Å². The lowest BCUT2D eigenvalue weighted by atomic mass is 10.0. The third-order valence-electron chi connectivity index (χ3n) is 13.8. The van der Waals surface area contributed by atoms with Crippen molar-refractivity contribution in [1.82, 2.24) is 0 Å². The van der Waals surface area contributed by atoms with Gasteiger partial charge in [-0.25, -0.2) is 0 Å². The van der Waals surface area contributed by atoms with E-state index in [1.807, 2.05) is 0 Å². The molecule has 0 heterocycles. The number of allylic oxidation sites excluding steroid dienone is 10. The molecule has 0 aromatic rings. The van der Waals surface area contributed by atoms with Gasteiger partial charge in [0.05, 0.1) is 0 Å². The summed E-state index contributed by atoms with van der Waals surface area (Å²) in [6, 6.07) is 0. The zero-order valence-electron chi connectivity index (χ0n) is 47.9. The highest BCUT2D eigenvalue weighted by molar-refractivity contribution is 5.71. The van der Waals surface area contributed by atoms with Gasteiger partial charge in [-0.2, -0.15) is 0 Å². The van der Waals surface area contributed by atoms with Crippen LogP contribution in [0.3, 0.4) is 0 Å². The zero-order valence-corrected chi connectivity index (χ0v) is 47.9. The second kappa shape index (κ2) is 60.7. The minimum absolute atomic E-state index is 0.0793. The summed E-state index contributed by atoms with van der Waals surface area (Å²) in [6.07, 6.45) is 76.5. The first-order valence-corrected chi connectivity index (χ1v) is 31.3. The number of unbranched alkanes of at least 4 members (excludes halogenated alkanes) is 36. The SMILES string of the molecule is CC/C=C\C/C=C\C/C=C\CCCCCCCC(=O)OCC(COC(=O)CCCCCCCCCCC/C=C\C/C=C\CCCCCCC)OC(=O)CCCCCCCCCCCCCCCCCCCC. The predicted octanol–water partition coefficient (Wildman–Crippen LogP) is 21.2. The van der Waals surface area contributed by atoms with E-state index in [2.05, 4.69) is 81.5 Å². The van der Waals surface area contributed by atoms with Crippen LogP contribution >= 0.6 is 0 Å². The Morgan fingerprint density at radius 1 is 0.292 bits per heavy atom. The normalized spacial score (nSPS) is 12.4. The number of hydrogen-bond donors (Lipinski definition) is 0. The molecule has 72 heavy (non-hydrogen) atoms. The molecule has 6 nitrogen and oxygen atoms in total. The Morgan fingerprint density at radius 2 is 0.542 bits per heavy atom. The maximum atomic E-state index is 12.9. The number of carbonyl (C=O) groups is 3. The van der Waals surface area contributed by atoms with Crippen LogP contribution in [0.25, 0.3) is 0 Å². The molecule has 0 bridgehead atoms. The van der Waals surface area contributed by atoms with Crippen molar-refractivity contribution in [2.24, 2.45) is 0 Å². The molecular weight excluding hydrogens is 889 g/mol. The molecule has 0 fully saturated rings. The number of hydrogen-bond acceptors (Lipinski definition) is 6. The summed E-state index contributed by atoms with van der Waals surface area (Å²) < 4.78 is 16.9. The topological polar surface area (TPSA) is 78.9 Å². The Balaban J connectivity index is 4.35. The molecule has 0 saturated carbocycles. The molecule has 0 aliphatic rings. The molecule has 0 N–H and O–H groups in total. The van der Waals surface area contributed by atoms with Crippen LogP contribution in [0.5, 0.6) is 0 Å². The lowest BCUT2D eigenvalue weighted by Crippen LogP contribution is -2.30. The third kappa shape index (κ3) is 58.0. The summed E-state index contributed by atoms with van der Waals surface area (Å²) in [5.41, 5.74) is 0. The first-order valence-electron chi connectivity index (χ1n) is 31.3. The maximum Gasteiger partial charge on any atom is 0.306 e. The molecule has 1 unspecified atom stereocenters. The van der Waals surface area contributed by atoms with Gasteiger partial charge in [0.2, 0.25) is 0 Å². The number of rotatable bonds is 57. The molecule has 0 radical (unpaired) electrons. The fourth-order valence-corrected chi connectivity index (χ4v) is 9.08. The average Bonchev–Trinajstić information content (AvgIpc) is 3.38. The fraction of sp³-hybridized carbons (Fsp3) is 0.803. The largest absolute Gasteiger partial charge is 0.462 e. The lowest BCUT2D eigenvalue weighted by molar-refractivity contribution is -0.167. The zero-order chi connectivity index (χ0) is 52.2. The van der Waals surface area contributed by atoms with Crippen LogP contribution in [-0.2, 0) is 28.6 Å². The maximum absolute atomic E-state index is 12.9. The summed E-state index contributed by atoms with van der Waals surface area (Å²) in [5, 5.41) is 0. The van der Waals surface area contributed by atoms with Gasteiger partial charge in [-0.05, 0) is 83.5 Å². The van der Waals surface area contributed by atoms with Gasteiger partial charge < -0.3 is 14.2 Å². The number of esters is 3. The Bertz CT molecular complexity index is 1290. The van der Waals surface area contributed by atoms with Gasteiger partial charge in [-0.1, -0.05) is 281 Å². The molecule has 418 valence electrons. The minimum atomic E-state index is -0.782. The highest BCUT2D eigenvalue weighted by Crippen LogP contribution is 2.17. The molecule has 0 aromatic carbocycles. The summed E-state index contributed by atoms with van der Waals surface area (Å²) in [4.78, 5) is 38.3. The molecule has 0 aliphatic heterocycles. The van der Waals surface area contributed by atoms with Crippen LogP contribution in [0.1, 0.15) is 323 Å². The van der Waals surface area contributed by atoms with Crippen molar-refractivity contribution in [2.45, 2.75) is 329 Å². The van der Waals surface area contributed by atoms with E-state index in [0.717, 1.165) is 103 Å². The van der Waals surface area contributed by atoms with E-state index in [9.17, 15) is 14.4 Å². The Hall–Kier alpha value is -2.89. The smallest absolute Gasteiger partial charge is 0.306 e. The van der Waals surface area contributed by atoms with E-state index in [4.69, 9.17) is 14.2 Å². The minimum Gasteiger partial charge on any atom is -0.462 e. The molecule has 1 atom stereocenters. The third-order valence-corrected chi connectivity index (χ3v) is 13.8. The fourth-order valence-electron chi connectivity index (χ4n) is 9.08. The van der Waals surface area contributed by atoms with Crippen LogP contribution in [-0.4, -0.2) is 37.2 Å². The van der Waals surface area contributed by atoms with Gasteiger partial charge in [0.25, 0.3) is 0 Å². The van der Waals surface area contributed by atoms with Crippen LogP contribution in [0, 0.1) is 0 Å². The first-order chi connectivity index (χ1) is 35.5. The number of ether oxygens (including phenoxy) is 3. The van der Waals surface area contributed by atoms with Gasteiger partial charge >= 0.3 is 17.9 Å². The molecule has 0 spiro atoms. The molecular formula is C66H118O6. The molecule has 0 amide bonds. The molecule has 0 saturated heterocycles. The number of carbonyl (C=O) groups excluding carboxylic acids is 3. The second-order valence-electron chi connectivity index (χ2n) is 20.9. The molecule has 0 aromatic heterocycles. The van der Waals surface area contributed by atoms with E-state index < -0.39 is 6.10 Å². The highest BCUT2D eigenvalue weighted by atomic mass is 16.6. The molecule has 0 rings (SSSR count). The van der Waals surface area contributed by atoms with Gasteiger partial charge in [-0.3, -0.25) is 14.4 Å². The summed E-state index contributed by atoms with van der Waals surface area (Å²) in [6.45, 7) is 6.55. The van der Waals surface area contributed by atoms with E-state index >= 15 is 0 Å². The first kappa shape index (κ1) is 69.1. The van der Waals surface area contributed by atoms with Crippen molar-refractivity contribution in [1.29, 1.82) is 0 Å². The van der Waals surface area contributed by atoms with Crippen molar-refractivity contribution < 1.29 is 28.6 Å². The van der Waals surface area contributed by atoms with Crippen molar-refractivity contribution >= 4 is 17.9 Å². The average molecular weight is 1010 g/mol. The van der Waals surface area contributed by atoms with Gasteiger partial charge in [0, 0.05) is 19.3 Å².